The fourth-order valence-electron chi connectivity index (χ4n) is 3.43. The maximum absolute atomic E-state index is 12.9. The maximum Gasteiger partial charge on any atom is 1.00 e. The molecule has 0 aromatic carbocycles. The van der Waals surface area contributed by atoms with Gasteiger partial charge in [0.25, 0.3) is 11.8 Å². The van der Waals surface area contributed by atoms with Gasteiger partial charge >= 0.3 is 29.6 Å². The second kappa shape index (κ2) is 12.4. The van der Waals surface area contributed by atoms with Gasteiger partial charge in [0, 0.05) is 22.9 Å². The Balaban J connectivity index is 0.00000380. The number of nitrogens with two attached hydrogens (primary N) is 1. The molecule has 1 saturated heterocycles. The van der Waals surface area contributed by atoms with Crippen molar-refractivity contribution in [1.82, 2.24) is 35.5 Å². The molecule has 0 saturated carbocycles. The number of nitrogen functional groups attached to an aromatic ring is 1. The Morgan fingerprint density at radius 3 is 2.81 bits per heavy atom. The minimum absolute atomic E-state index is 0. The molecule has 0 spiro atoms. The molecule has 2 aliphatic rings. The molecule has 2 aliphatic heterocycles. The standard InChI is InChI=1S/C18H22N10O5S3.Na/c1-7(2)23-28-18(22-25-26-28)36-5-8-4-34-15-11(14(30)27(15)12(8)16(31)32)21-13(29)10(24-33-3)9-6-35-17(19)20-9;/h6-7,11,15,23H,4-5H2,1-3H3,(H2,19,20)(H,21,29)(H,31,32);/q;+1/p-1/b24-10-;/t11-,15+;/m1./s1. The number of nitrogens with one attached hydrogen (secondary N) is 2. The van der Waals surface area contributed by atoms with Gasteiger partial charge in [0.2, 0.25) is 5.16 Å². The van der Waals surface area contributed by atoms with Crippen molar-refractivity contribution in [1.29, 1.82) is 0 Å². The molecule has 1 fully saturated rings. The number of rotatable bonds is 10. The number of anilines is 1. The normalized spacial score (nSPS) is 19.2. The molecule has 0 radical (unpaired) electrons. The Hall–Kier alpha value is -2.38. The smallest absolute Gasteiger partial charge is 0.543 e. The van der Waals surface area contributed by atoms with Gasteiger partial charge in [0.1, 0.15) is 24.2 Å². The van der Waals surface area contributed by atoms with Crippen molar-refractivity contribution in [2.75, 3.05) is 29.8 Å². The Bertz CT molecular complexity index is 1250. The zero-order valence-electron chi connectivity index (χ0n) is 20.2. The van der Waals surface area contributed by atoms with Crippen molar-refractivity contribution in [3.63, 3.8) is 0 Å². The number of nitrogens with zero attached hydrogens (tertiary/aromatic N) is 7. The van der Waals surface area contributed by atoms with Crippen LogP contribution in [0.1, 0.15) is 19.5 Å². The average Bonchev–Trinajstić information content (AvgIpc) is 3.46. The van der Waals surface area contributed by atoms with Crippen LogP contribution in [0.15, 0.2) is 27.0 Å². The molecule has 0 bridgehead atoms. The summed E-state index contributed by atoms with van der Waals surface area (Å²) in [5.41, 5.74) is 8.99. The van der Waals surface area contributed by atoms with Gasteiger partial charge in [-0.1, -0.05) is 22.0 Å². The molecule has 37 heavy (non-hydrogen) atoms. The summed E-state index contributed by atoms with van der Waals surface area (Å²) in [6.45, 7) is 3.84. The Morgan fingerprint density at radius 1 is 1.43 bits per heavy atom. The molecule has 2 amide bonds. The second-order valence-electron chi connectivity index (χ2n) is 7.74. The minimum Gasteiger partial charge on any atom is -0.543 e. The summed E-state index contributed by atoms with van der Waals surface area (Å²) in [4.78, 5) is 49.1. The van der Waals surface area contributed by atoms with Gasteiger partial charge in [-0.2, -0.15) is 0 Å². The average molecular weight is 577 g/mol. The van der Waals surface area contributed by atoms with Crippen LogP contribution >= 0.6 is 34.9 Å². The first kappa shape index (κ1) is 29.2. The molecule has 2 aromatic heterocycles. The van der Waals surface area contributed by atoms with Crippen molar-refractivity contribution in [3.05, 3.63) is 22.3 Å². The van der Waals surface area contributed by atoms with Crippen molar-refractivity contribution in [2.24, 2.45) is 5.16 Å². The van der Waals surface area contributed by atoms with Crippen LogP contribution in [0.25, 0.3) is 0 Å². The number of tetrazole rings is 1. The summed E-state index contributed by atoms with van der Waals surface area (Å²) < 4.78 is 0. The summed E-state index contributed by atoms with van der Waals surface area (Å²) in [7, 11) is 1.27. The zero-order chi connectivity index (χ0) is 26.0. The first-order chi connectivity index (χ1) is 17.2. The van der Waals surface area contributed by atoms with Crippen LogP contribution in [0.2, 0.25) is 0 Å². The summed E-state index contributed by atoms with van der Waals surface area (Å²) in [6.07, 6.45) is 0. The largest absolute Gasteiger partial charge is 1.00 e. The van der Waals surface area contributed by atoms with E-state index in [9.17, 15) is 19.5 Å². The van der Waals surface area contributed by atoms with E-state index in [2.05, 4.69) is 36.4 Å². The number of carboxylic acids is 1. The van der Waals surface area contributed by atoms with Crippen molar-refractivity contribution < 1.29 is 53.9 Å². The third-order valence-electron chi connectivity index (χ3n) is 4.89. The van der Waals surface area contributed by atoms with Crippen LogP contribution in [-0.2, 0) is 19.2 Å². The zero-order valence-corrected chi connectivity index (χ0v) is 24.6. The molecule has 4 rings (SSSR count). The predicted octanol–water partition coefficient (Wildman–Crippen LogP) is -4.79. The van der Waals surface area contributed by atoms with Crippen LogP contribution in [0.4, 0.5) is 5.13 Å². The van der Waals surface area contributed by atoms with Gasteiger partial charge in [-0.3, -0.25) is 14.5 Å². The molecule has 4 N–H and O–H groups in total. The number of carbonyl (C=O) groups excluding carboxylic acids is 3. The number of carboxylic acid groups (broad SMARTS) is 1. The molecule has 0 aliphatic carbocycles. The van der Waals surface area contributed by atoms with Gasteiger partial charge in [-0.25, -0.2) is 4.98 Å². The minimum atomic E-state index is -1.48. The van der Waals surface area contributed by atoms with E-state index < -0.39 is 29.2 Å². The number of aliphatic carboxylic acids is 1. The fraction of sp³-hybridized carbons (Fsp3) is 0.444. The van der Waals surface area contributed by atoms with E-state index in [0.717, 1.165) is 16.2 Å². The molecule has 15 nitrogen and oxygen atoms in total. The predicted molar refractivity (Wildman–Crippen MR) is 130 cm³/mol. The van der Waals surface area contributed by atoms with E-state index in [0.29, 0.717) is 16.5 Å². The Morgan fingerprint density at radius 2 is 2.19 bits per heavy atom. The van der Waals surface area contributed by atoms with Crippen molar-refractivity contribution in [2.45, 2.75) is 36.5 Å². The summed E-state index contributed by atoms with van der Waals surface area (Å²) >= 11 is 3.66. The second-order valence-corrected chi connectivity index (χ2v) is 10.7. The molecule has 4 heterocycles. The summed E-state index contributed by atoms with van der Waals surface area (Å²) in [6, 6.07) is -0.892. The first-order valence-electron chi connectivity index (χ1n) is 10.4. The van der Waals surface area contributed by atoms with Gasteiger partial charge < -0.3 is 31.2 Å². The van der Waals surface area contributed by atoms with Crippen LogP contribution in [0, 0.1) is 0 Å². The van der Waals surface area contributed by atoms with Gasteiger partial charge in [-0.05, 0) is 29.8 Å². The molecule has 2 atom stereocenters. The van der Waals surface area contributed by atoms with E-state index in [1.165, 1.54) is 40.8 Å². The number of fused-ring (bicyclic) bond motifs is 1. The number of hydrogen-bond acceptors (Lipinski definition) is 15. The SMILES string of the molecule is CO/N=C(\C(=O)N[C@@H]1C(=O)N2C(C(=O)[O-])=C(CSc3nnnn3NC(C)C)CS[C@@H]12)c1csc(N)n1.[Na+]. The quantitative estimate of drug-likeness (QED) is 0.0799. The number of thiazole rings is 1. The Labute approximate surface area is 245 Å². The van der Waals surface area contributed by atoms with Crippen LogP contribution in [-0.4, -0.2) is 89.8 Å². The van der Waals surface area contributed by atoms with E-state index in [1.807, 2.05) is 13.8 Å². The number of oxime groups is 1. The molecular weight excluding hydrogens is 555 g/mol. The maximum atomic E-state index is 12.9. The number of β-lactam (4-membered cyclic amide) rings is 1. The fourth-order valence-corrected chi connectivity index (χ4v) is 6.30. The van der Waals surface area contributed by atoms with E-state index in [-0.39, 0.29) is 63.6 Å². The molecular formula is C18H21N10NaO5S3. The van der Waals surface area contributed by atoms with E-state index >= 15 is 0 Å². The van der Waals surface area contributed by atoms with Crippen LogP contribution in [0.3, 0.4) is 0 Å². The van der Waals surface area contributed by atoms with Gasteiger partial charge in [0.15, 0.2) is 10.8 Å². The molecule has 192 valence electrons. The van der Waals surface area contributed by atoms with Gasteiger partial charge in [0.05, 0.1) is 11.7 Å². The molecule has 0 unspecified atom stereocenters. The van der Waals surface area contributed by atoms with E-state index in [1.54, 1.807) is 0 Å². The van der Waals surface area contributed by atoms with Crippen molar-refractivity contribution in [3.8, 4) is 0 Å². The molecule has 2 aromatic rings. The number of amides is 2. The number of carbonyl (C=O) groups is 3. The Kier molecular flexibility index (Phi) is 9.81. The van der Waals surface area contributed by atoms with Crippen LogP contribution in [0.5, 0.6) is 0 Å². The third-order valence-corrected chi connectivity index (χ3v) is 7.91. The monoisotopic (exact) mass is 576 g/mol. The van der Waals surface area contributed by atoms with E-state index in [4.69, 9.17) is 10.6 Å². The van der Waals surface area contributed by atoms with Gasteiger partial charge in [-0.15, -0.1) is 27.9 Å². The number of aromatic nitrogens is 5. The topological polar surface area (TPSA) is 206 Å². The van der Waals surface area contributed by atoms with Crippen LogP contribution < -0.4 is 51.1 Å². The number of thioether (sulfide) groups is 2. The first-order valence-corrected chi connectivity index (χ1v) is 13.3. The van der Waals surface area contributed by atoms with Crippen molar-refractivity contribution >= 4 is 63.5 Å². The molecule has 19 heteroatoms. The summed E-state index contributed by atoms with van der Waals surface area (Å²) in [5, 5.41) is 31.3. The summed E-state index contributed by atoms with van der Waals surface area (Å²) in [5.74, 6) is -2.24. The number of hydrogen-bond donors (Lipinski definition) is 3. The third kappa shape index (κ3) is 6.20.